The van der Waals surface area contributed by atoms with Crippen molar-refractivity contribution in [2.45, 2.75) is 6.92 Å². The Morgan fingerprint density at radius 2 is 2.09 bits per heavy atom. The van der Waals surface area contributed by atoms with Crippen LogP contribution in [0.15, 0.2) is 41.9 Å². The van der Waals surface area contributed by atoms with Gasteiger partial charge in [0.25, 0.3) is 0 Å². The maximum atomic E-state index is 9.44. The van der Waals surface area contributed by atoms with Crippen LogP contribution in [0.1, 0.15) is 16.3 Å². The van der Waals surface area contributed by atoms with E-state index >= 15 is 0 Å². The number of nitriles is 1. The van der Waals surface area contributed by atoms with Gasteiger partial charge in [0.1, 0.15) is 11.1 Å². The van der Waals surface area contributed by atoms with Crippen LogP contribution in [0.5, 0.6) is 0 Å². The fraction of sp³-hybridized carbons (Fsp3) is 0.118. The van der Waals surface area contributed by atoms with Crippen LogP contribution < -0.4 is 0 Å². The molecule has 3 rings (SSSR count). The van der Waals surface area contributed by atoms with Gasteiger partial charge >= 0.3 is 0 Å². The summed E-state index contributed by atoms with van der Waals surface area (Å²) < 4.78 is 1.79. The molecule has 22 heavy (non-hydrogen) atoms. The van der Waals surface area contributed by atoms with Gasteiger partial charge in [-0.1, -0.05) is 30.3 Å². The van der Waals surface area contributed by atoms with E-state index in [2.05, 4.69) is 16.2 Å². The van der Waals surface area contributed by atoms with Gasteiger partial charge in [0.15, 0.2) is 0 Å². The first kappa shape index (κ1) is 14.2. The molecule has 2 aromatic heterocycles. The summed E-state index contributed by atoms with van der Waals surface area (Å²) in [5.41, 5.74) is 4.47. The average Bonchev–Trinajstić information content (AvgIpc) is 3.15. The third-order valence-corrected chi connectivity index (χ3v) is 4.37. The second-order valence-electron chi connectivity index (χ2n) is 4.88. The van der Waals surface area contributed by atoms with Gasteiger partial charge < -0.3 is 0 Å². The SMILES string of the molecule is Cc1c(/C=C(\C#N)c2nc(-c3ccccc3)cs2)cnn1C. The van der Waals surface area contributed by atoms with Crippen molar-refractivity contribution in [3.8, 4) is 17.3 Å². The molecule has 3 aromatic rings. The van der Waals surface area contributed by atoms with Crippen molar-refractivity contribution in [3.05, 3.63) is 58.2 Å². The zero-order valence-electron chi connectivity index (χ0n) is 12.3. The number of rotatable bonds is 3. The largest absolute Gasteiger partial charge is 0.272 e. The molecule has 0 aliphatic carbocycles. The van der Waals surface area contributed by atoms with Crippen LogP contribution in [0.3, 0.4) is 0 Å². The highest BCUT2D eigenvalue weighted by molar-refractivity contribution is 7.11. The van der Waals surface area contributed by atoms with Crippen molar-refractivity contribution in [2.75, 3.05) is 0 Å². The highest BCUT2D eigenvalue weighted by Crippen LogP contribution is 2.27. The first-order valence-electron chi connectivity index (χ1n) is 6.81. The summed E-state index contributed by atoms with van der Waals surface area (Å²) in [4.78, 5) is 4.58. The maximum Gasteiger partial charge on any atom is 0.134 e. The van der Waals surface area contributed by atoms with Gasteiger partial charge in [-0.25, -0.2) is 4.98 Å². The fourth-order valence-corrected chi connectivity index (χ4v) is 2.89. The first-order chi connectivity index (χ1) is 10.7. The average molecular weight is 306 g/mol. The van der Waals surface area contributed by atoms with Crippen molar-refractivity contribution in [3.63, 3.8) is 0 Å². The molecule has 0 atom stereocenters. The molecule has 0 aliphatic rings. The summed E-state index contributed by atoms with van der Waals surface area (Å²) >= 11 is 1.48. The molecule has 1 aromatic carbocycles. The first-order valence-corrected chi connectivity index (χ1v) is 7.68. The normalized spacial score (nSPS) is 11.4. The van der Waals surface area contributed by atoms with E-state index in [-0.39, 0.29) is 0 Å². The van der Waals surface area contributed by atoms with E-state index in [9.17, 15) is 5.26 Å². The minimum atomic E-state index is 0.559. The second-order valence-corrected chi connectivity index (χ2v) is 5.74. The lowest BCUT2D eigenvalue weighted by atomic mass is 10.1. The summed E-state index contributed by atoms with van der Waals surface area (Å²) in [6, 6.07) is 12.2. The van der Waals surface area contributed by atoms with Crippen molar-refractivity contribution in [2.24, 2.45) is 7.05 Å². The second kappa shape index (κ2) is 5.96. The molecule has 0 N–H and O–H groups in total. The summed E-state index contributed by atoms with van der Waals surface area (Å²) in [5, 5.41) is 16.3. The Kier molecular flexibility index (Phi) is 3.86. The molecule has 4 nitrogen and oxygen atoms in total. The zero-order chi connectivity index (χ0) is 15.5. The van der Waals surface area contributed by atoms with Crippen LogP contribution in [0.4, 0.5) is 0 Å². The minimum Gasteiger partial charge on any atom is -0.272 e. The predicted octanol–water partition coefficient (Wildman–Crippen LogP) is 3.92. The molecule has 2 heterocycles. The molecule has 0 amide bonds. The van der Waals surface area contributed by atoms with Crippen LogP contribution in [0.25, 0.3) is 22.9 Å². The van der Waals surface area contributed by atoms with Gasteiger partial charge in [-0.05, 0) is 13.0 Å². The minimum absolute atomic E-state index is 0.559. The van der Waals surface area contributed by atoms with Crippen LogP contribution in [-0.4, -0.2) is 14.8 Å². The van der Waals surface area contributed by atoms with E-state index in [1.807, 2.05) is 55.8 Å². The molecule has 0 aliphatic heterocycles. The topological polar surface area (TPSA) is 54.5 Å². The van der Waals surface area contributed by atoms with Gasteiger partial charge in [0.05, 0.1) is 17.5 Å². The van der Waals surface area contributed by atoms with E-state index in [0.29, 0.717) is 5.57 Å². The molecule has 0 saturated heterocycles. The van der Waals surface area contributed by atoms with E-state index in [0.717, 1.165) is 27.5 Å². The number of hydrogen-bond donors (Lipinski definition) is 0. The van der Waals surface area contributed by atoms with Gasteiger partial charge in [-0.15, -0.1) is 11.3 Å². The molecule has 0 radical (unpaired) electrons. The third-order valence-electron chi connectivity index (χ3n) is 3.50. The highest BCUT2D eigenvalue weighted by Gasteiger charge is 2.10. The number of benzene rings is 1. The van der Waals surface area contributed by atoms with Crippen LogP contribution in [-0.2, 0) is 7.05 Å². The Labute approximate surface area is 133 Å². The summed E-state index contributed by atoms with van der Waals surface area (Å²) in [6.45, 7) is 1.98. The molecular weight excluding hydrogens is 292 g/mol. The number of allylic oxidation sites excluding steroid dienone is 1. The van der Waals surface area contributed by atoms with Crippen LogP contribution in [0.2, 0.25) is 0 Å². The lowest BCUT2D eigenvalue weighted by molar-refractivity contribution is 0.740. The molecule has 0 spiro atoms. The third kappa shape index (κ3) is 2.69. The number of aryl methyl sites for hydroxylation is 1. The highest BCUT2D eigenvalue weighted by atomic mass is 32.1. The van der Waals surface area contributed by atoms with E-state index < -0.39 is 0 Å². The van der Waals surface area contributed by atoms with Gasteiger partial charge in [0.2, 0.25) is 0 Å². The van der Waals surface area contributed by atoms with E-state index in [1.54, 1.807) is 10.9 Å². The van der Waals surface area contributed by atoms with E-state index in [1.165, 1.54) is 11.3 Å². The Morgan fingerprint density at radius 1 is 1.32 bits per heavy atom. The Hall–Kier alpha value is -2.71. The summed E-state index contributed by atoms with van der Waals surface area (Å²) in [5.74, 6) is 0. The van der Waals surface area contributed by atoms with Gasteiger partial charge in [0, 0.05) is 29.2 Å². The number of hydrogen-bond acceptors (Lipinski definition) is 4. The zero-order valence-corrected chi connectivity index (χ0v) is 13.1. The van der Waals surface area contributed by atoms with Crippen molar-refractivity contribution < 1.29 is 0 Å². The Bertz CT molecular complexity index is 866. The smallest absolute Gasteiger partial charge is 0.134 e. The van der Waals surface area contributed by atoms with Crippen molar-refractivity contribution in [1.82, 2.24) is 14.8 Å². The van der Waals surface area contributed by atoms with Crippen LogP contribution in [0, 0.1) is 18.3 Å². The lowest BCUT2D eigenvalue weighted by Crippen LogP contribution is -1.92. The molecule has 0 bridgehead atoms. The molecular formula is C17H14N4S. The monoisotopic (exact) mass is 306 g/mol. The van der Waals surface area contributed by atoms with Crippen LogP contribution >= 0.6 is 11.3 Å². The summed E-state index contributed by atoms with van der Waals surface area (Å²) in [7, 11) is 1.88. The quantitative estimate of drug-likeness (QED) is 0.689. The predicted molar refractivity (Wildman–Crippen MR) is 89.0 cm³/mol. The summed E-state index contributed by atoms with van der Waals surface area (Å²) in [6.07, 6.45) is 3.61. The molecule has 0 saturated carbocycles. The van der Waals surface area contributed by atoms with E-state index in [4.69, 9.17) is 0 Å². The van der Waals surface area contributed by atoms with Gasteiger partial charge in [-0.2, -0.15) is 10.4 Å². The number of thiazole rings is 1. The number of aromatic nitrogens is 3. The van der Waals surface area contributed by atoms with Crippen molar-refractivity contribution in [1.29, 1.82) is 5.26 Å². The Balaban J connectivity index is 1.97. The maximum absolute atomic E-state index is 9.44. The molecule has 5 heteroatoms. The Morgan fingerprint density at radius 3 is 2.73 bits per heavy atom. The van der Waals surface area contributed by atoms with Crippen molar-refractivity contribution >= 4 is 23.0 Å². The van der Waals surface area contributed by atoms with Gasteiger partial charge in [-0.3, -0.25) is 4.68 Å². The lowest BCUT2D eigenvalue weighted by Gasteiger charge is -1.96. The standard InChI is InChI=1S/C17H14N4S/c1-12-15(10-19-21(12)2)8-14(9-18)17-20-16(11-22-17)13-6-4-3-5-7-13/h3-8,10-11H,1-2H3/b14-8+. The fourth-order valence-electron chi connectivity index (χ4n) is 2.09. The molecule has 0 fully saturated rings. The molecule has 108 valence electrons. The number of nitrogens with zero attached hydrogens (tertiary/aromatic N) is 4. The molecule has 0 unspecified atom stereocenters.